The molecule has 0 heterocycles. The minimum atomic E-state index is -4.33. The molecule has 0 aromatic carbocycles. The molecule has 3 unspecified atom stereocenters. The first-order valence-corrected chi connectivity index (χ1v) is 25.9. The van der Waals surface area contributed by atoms with E-state index in [2.05, 4.69) is 43.5 Å². The second-order valence-electron chi connectivity index (χ2n) is 17.8. The molecule has 0 aliphatic heterocycles. The molecule has 0 fully saturated rings. The quantitative estimate of drug-likeness (QED) is 0.0244. The van der Waals surface area contributed by atoms with E-state index in [1.807, 2.05) is 27.2 Å². The highest BCUT2D eigenvalue weighted by Gasteiger charge is 2.27. The highest BCUT2D eigenvalue weighted by molar-refractivity contribution is 7.47. The van der Waals surface area contributed by atoms with Gasteiger partial charge in [-0.1, -0.05) is 198 Å². The number of aliphatic hydroxyl groups excluding tert-OH is 1. The summed E-state index contributed by atoms with van der Waals surface area (Å²) < 4.78 is 23.4. The molecule has 342 valence electrons. The topological polar surface area (TPSA) is 105 Å². The smallest absolute Gasteiger partial charge is 0.387 e. The second-order valence-corrected chi connectivity index (χ2v) is 19.3. The summed E-state index contributed by atoms with van der Waals surface area (Å²) in [6.45, 7) is 4.69. The van der Waals surface area contributed by atoms with Crippen LogP contribution in [0.4, 0.5) is 0 Å². The summed E-state index contributed by atoms with van der Waals surface area (Å²) in [5, 5.41) is 13.7. The zero-order chi connectivity index (χ0) is 42.8. The Morgan fingerprint density at radius 3 is 1.45 bits per heavy atom. The predicted octanol–water partition coefficient (Wildman–Crippen LogP) is 13.9. The number of nitrogens with one attached hydrogen (secondary N) is 1. The highest BCUT2D eigenvalue weighted by atomic mass is 31.2. The van der Waals surface area contributed by atoms with Crippen LogP contribution in [-0.2, 0) is 18.4 Å². The van der Waals surface area contributed by atoms with E-state index in [-0.39, 0.29) is 19.1 Å². The van der Waals surface area contributed by atoms with Crippen LogP contribution in [0, 0.1) is 0 Å². The SMILES string of the molecule is CCC/C=C/CC/C=C/C(O)C(COP(=O)(O)OCC[N+](C)(C)C)NC(=O)CCCCCCCCCCCCCCCCCCC/C=C\CCCCCCCCCC. The van der Waals surface area contributed by atoms with E-state index in [1.165, 1.54) is 154 Å². The summed E-state index contributed by atoms with van der Waals surface area (Å²) in [6, 6.07) is -0.858. The van der Waals surface area contributed by atoms with Crippen LogP contribution < -0.4 is 5.32 Å². The normalized spacial score (nSPS) is 14.5. The van der Waals surface area contributed by atoms with Crippen molar-refractivity contribution in [3.63, 3.8) is 0 Å². The van der Waals surface area contributed by atoms with Gasteiger partial charge in [-0.05, 0) is 51.4 Å². The van der Waals surface area contributed by atoms with Gasteiger partial charge in [0.1, 0.15) is 13.2 Å². The molecule has 0 aliphatic rings. The van der Waals surface area contributed by atoms with Crippen molar-refractivity contribution in [1.82, 2.24) is 5.32 Å². The third-order valence-corrected chi connectivity index (χ3v) is 11.8. The predicted molar refractivity (Wildman–Crippen MR) is 249 cm³/mol. The first-order chi connectivity index (χ1) is 28.0. The van der Waals surface area contributed by atoms with Crippen LogP contribution in [0.25, 0.3) is 0 Å². The van der Waals surface area contributed by atoms with Crippen molar-refractivity contribution in [2.24, 2.45) is 0 Å². The van der Waals surface area contributed by atoms with Crippen molar-refractivity contribution >= 4 is 13.7 Å². The molecule has 58 heavy (non-hydrogen) atoms. The number of rotatable bonds is 44. The third kappa shape index (κ3) is 42.8. The summed E-state index contributed by atoms with van der Waals surface area (Å²) in [7, 11) is 1.55. The first kappa shape index (κ1) is 56.7. The van der Waals surface area contributed by atoms with E-state index in [1.54, 1.807) is 6.08 Å². The molecule has 0 saturated carbocycles. The minimum absolute atomic E-state index is 0.0563. The van der Waals surface area contributed by atoms with Crippen LogP contribution in [0.15, 0.2) is 36.5 Å². The van der Waals surface area contributed by atoms with Gasteiger partial charge < -0.3 is 19.8 Å². The molecule has 8 nitrogen and oxygen atoms in total. The number of aliphatic hydroxyl groups is 1. The minimum Gasteiger partial charge on any atom is -0.387 e. The largest absolute Gasteiger partial charge is 0.472 e. The van der Waals surface area contributed by atoms with E-state index in [9.17, 15) is 19.4 Å². The Balaban J connectivity index is 3.95. The fraction of sp³-hybridized carbons (Fsp3) is 0.857. The van der Waals surface area contributed by atoms with Gasteiger partial charge in [-0.2, -0.15) is 0 Å². The lowest BCUT2D eigenvalue weighted by atomic mass is 10.0. The number of carbonyl (C=O) groups excluding carboxylic acids is 1. The number of phosphoric acid groups is 1. The Morgan fingerprint density at radius 1 is 0.569 bits per heavy atom. The summed E-state index contributed by atoms with van der Waals surface area (Å²) in [5.41, 5.74) is 0. The number of likely N-dealkylation sites (N-methyl/N-ethyl adjacent to an activating group) is 1. The molecule has 0 rings (SSSR count). The van der Waals surface area contributed by atoms with Crippen molar-refractivity contribution in [3.05, 3.63) is 36.5 Å². The molecule has 0 spiro atoms. The maximum atomic E-state index is 12.8. The number of allylic oxidation sites excluding steroid dienone is 5. The Labute approximate surface area is 359 Å². The van der Waals surface area contributed by atoms with Gasteiger partial charge in [-0.15, -0.1) is 0 Å². The van der Waals surface area contributed by atoms with Crippen molar-refractivity contribution < 1.29 is 32.9 Å². The fourth-order valence-electron chi connectivity index (χ4n) is 6.94. The average molecular weight is 840 g/mol. The number of carbonyl (C=O) groups is 1. The zero-order valence-corrected chi connectivity index (χ0v) is 39.7. The summed E-state index contributed by atoms with van der Waals surface area (Å²) in [4.78, 5) is 23.0. The molecule has 3 atom stereocenters. The van der Waals surface area contributed by atoms with Gasteiger partial charge >= 0.3 is 7.82 Å². The number of phosphoric ester groups is 1. The lowest BCUT2D eigenvalue weighted by Gasteiger charge is -2.25. The van der Waals surface area contributed by atoms with Gasteiger partial charge in [0.25, 0.3) is 0 Å². The van der Waals surface area contributed by atoms with E-state index < -0.39 is 20.0 Å². The lowest BCUT2D eigenvalue weighted by molar-refractivity contribution is -0.870. The van der Waals surface area contributed by atoms with Crippen LogP contribution in [0.3, 0.4) is 0 Å². The average Bonchev–Trinajstić information content (AvgIpc) is 3.17. The number of nitrogens with zero attached hydrogens (tertiary/aromatic N) is 1. The molecule has 9 heteroatoms. The van der Waals surface area contributed by atoms with Gasteiger partial charge in [-0.3, -0.25) is 13.8 Å². The number of hydrogen-bond acceptors (Lipinski definition) is 5. The molecule has 3 N–H and O–H groups in total. The maximum Gasteiger partial charge on any atom is 0.472 e. The molecule has 1 amide bonds. The Bertz CT molecular complexity index is 1040. The van der Waals surface area contributed by atoms with Gasteiger partial charge in [0.2, 0.25) is 5.91 Å². The van der Waals surface area contributed by atoms with Gasteiger partial charge in [0.05, 0.1) is 39.9 Å². The van der Waals surface area contributed by atoms with E-state index in [0.717, 1.165) is 44.9 Å². The summed E-state index contributed by atoms with van der Waals surface area (Å²) >= 11 is 0. The van der Waals surface area contributed by atoms with Crippen LogP contribution in [-0.4, -0.2) is 73.4 Å². The first-order valence-electron chi connectivity index (χ1n) is 24.4. The number of amides is 1. The Hall–Kier alpha value is -1.28. The highest BCUT2D eigenvalue weighted by Crippen LogP contribution is 2.43. The van der Waals surface area contributed by atoms with Crippen molar-refractivity contribution in [1.29, 1.82) is 0 Å². The number of unbranched alkanes of at least 4 members (excludes halogenated alkanes) is 27. The van der Waals surface area contributed by atoms with Gasteiger partial charge in [0, 0.05) is 6.42 Å². The maximum absolute atomic E-state index is 12.8. The molecule has 0 bridgehead atoms. The molecule has 0 aromatic rings. The van der Waals surface area contributed by atoms with Crippen molar-refractivity contribution in [2.75, 3.05) is 40.9 Å². The van der Waals surface area contributed by atoms with Gasteiger partial charge in [0.15, 0.2) is 0 Å². The lowest BCUT2D eigenvalue weighted by Crippen LogP contribution is -2.45. The van der Waals surface area contributed by atoms with E-state index in [4.69, 9.17) is 9.05 Å². The number of hydrogen-bond donors (Lipinski definition) is 3. The molecular weight excluding hydrogens is 744 g/mol. The van der Waals surface area contributed by atoms with Gasteiger partial charge in [-0.25, -0.2) is 4.57 Å². The van der Waals surface area contributed by atoms with Crippen LogP contribution in [0.2, 0.25) is 0 Å². The molecule has 0 radical (unpaired) electrons. The van der Waals surface area contributed by atoms with E-state index >= 15 is 0 Å². The Morgan fingerprint density at radius 2 is 0.983 bits per heavy atom. The van der Waals surface area contributed by atoms with Crippen LogP contribution in [0.1, 0.15) is 219 Å². The standard InChI is InChI=1S/C49H95N2O6P/c1-6-8-10-12-14-15-16-17-18-19-20-21-22-23-24-25-26-27-28-29-30-31-32-33-34-35-37-39-41-43-49(53)50-47(48(52)42-40-38-36-13-11-9-7-2)46-57-58(54,55)56-45-44-51(3,4)5/h11,13,19-20,40,42,47-48,52H,6-10,12,14-18,21-39,41,43-46H2,1-5H3,(H-,50,53,54,55)/p+1/b13-11+,20-19-,42-40+. The van der Waals surface area contributed by atoms with Crippen LogP contribution >= 0.6 is 7.82 Å². The van der Waals surface area contributed by atoms with E-state index in [0.29, 0.717) is 17.4 Å². The van der Waals surface area contributed by atoms with Crippen molar-refractivity contribution in [3.8, 4) is 0 Å². The molecular formula is C49H96N2O6P+. The monoisotopic (exact) mass is 840 g/mol. The molecule has 0 saturated heterocycles. The molecule has 0 aromatic heterocycles. The Kier molecular flexibility index (Phi) is 40.2. The number of quaternary nitrogens is 1. The summed E-state index contributed by atoms with van der Waals surface area (Å²) in [5.74, 6) is -0.190. The zero-order valence-electron chi connectivity index (χ0n) is 38.8. The van der Waals surface area contributed by atoms with Crippen molar-refractivity contribution in [2.45, 2.75) is 231 Å². The molecule has 0 aliphatic carbocycles. The second kappa shape index (κ2) is 41.1. The summed E-state index contributed by atoms with van der Waals surface area (Å²) in [6.07, 6.45) is 51.3. The third-order valence-electron chi connectivity index (χ3n) is 10.8. The van der Waals surface area contributed by atoms with Crippen LogP contribution in [0.5, 0.6) is 0 Å². The fourth-order valence-corrected chi connectivity index (χ4v) is 7.68.